The number of rotatable bonds is 10. The number of aromatic carboxylic acids is 1. The molecule has 1 aliphatic rings. The number of benzene rings is 3. The van der Waals surface area contributed by atoms with Gasteiger partial charge >= 0.3 is 5.97 Å². The van der Waals surface area contributed by atoms with E-state index in [1.165, 1.54) is 18.2 Å². The van der Waals surface area contributed by atoms with Crippen molar-refractivity contribution in [2.24, 2.45) is 5.92 Å². The van der Waals surface area contributed by atoms with E-state index in [1.54, 1.807) is 18.2 Å². The van der Waals surface area contributed by atoms with E-state index in [2.05, 4.69) is 10.2 Å². The average molecular weight is 541 g/mol. The van der Waals surface area contributed by atoms with Crippen LogP contribution in [0.15, 0.2) is 66.7 Å². The van der Waals surface area contributed by atoms with Crippen LogP contribution in [0.2, 0.25) is 0 Å². The molecule has 1 saturated heterocycles. The minimum absolute atomic E-state index is 0. The van der Waals surface area contributed by atoms with E-state index in [4.69, 9.17) is 9.84 Å². The molecular formula is C29H33ClN2O6. The third-order valence-electron chi connectivity index (χ3n) is 6.74. The van der Waals surface area contributed by atoms with E-state index in [9.17, 15) is 19.8 Å². The van der Waals surface area contributed by atoms with Crippen molar-refractivity contribution in [2.75, 3.05) is 38.2 Å². The van der Waals surface area contributed by atoms with E-state index in [-0.39, 0.29) is 41.6 Å². The molecule has 38 heavy (non-hydrogen) atoms. The van der Waals surface area contributed by atoms with Gasteiger partial charge in [-0.1, -0.05) is 36.4 Å². The van der Waals surface area contributed by atoms with Crippen LogP contribution in [-0.2, 0) is 0 Å². The van der Waals surface area contributed by atoms with E-state index < -0.39 is 11.9 Å². The zero-order valence-corrected chi connectivity index (χ0v) is 21.8. The summed E-state index contributed by atoms with van der Waals surface area (Å²) in [7, 11) is 0. The molecule has 0 spiro atoms. The van der Waals surface area contributed by atoms with Crippen molar-refractivity contribution in [1.82, 2.24) is 4.90 Å². The molecule has 3 aromatic carbocycles. The van der Waals surface area contributed by atoms with Gasteiger partial charge in [-0.2, -0.15) is 0 Å². The van der Waals surface area contributed by atoms with Crippen molar-refractivity contribution >= 4 is 30.0 Å². The number of amides is 1. The second-order valence-corrected chi connectivity index (χ2v) is 9.21. The zero-order valence-electron chi connectivity index (χ0n) is 21.0. The van der Waals surface area contributed by atoms with Gasteiger partial charge in [-0.25, -0.2) is 4.79 Å². The highest BCUT2D eigenvalue weighted by Crippen LogP contribution is 2.29. The molecule has 1 fully saturated rings. The number of phenolic OH excluding ortho intramolecular Hbond substituents is 1. The highest BCUT2D eigenvalue weighted by Gasteiger charge is 2.20. The molecule has 0 unspecified atom stereocenters. The molecule has 0 atom stereocenters. The van der Waals surface area contributed by atoms with Gasteiger partial charge in [0.25, 0.3) is 5.91 Å². The van der Waals surface area contributed by atoms with Crippen LogP contribution in [0.4, 0.5) is 5.69 Å². The molecule has 202 valence electrons. The first-order valence-electron chi connectivity index (χ1n) is 12.5. The molecule has 0 radical (unpaired) electrons. The van der Waals surface area contributed by atoms with Crippen molar-refractivity contribution in [3.63, 3.8) is 0 Å². The van der Waals surface area contributed by atoms with E-state index in [1.807, 2.05) is 30.3 Å². The molecule has 4 N–H and O–H groups in total. The molecule has 0 aliphatic carbocycles. The topological polar surface area (TPSA) is 119 Å². The number of aliphatic hydroxyl groups is 1. The number of carbonyl (C=O) groups is 2. The number of hydrogen-bond donors (Lipinski definition) is 4. The molecule has 0 aromatic heterocycles. The Labute approximate surface area is 228 Å². The third kappa shape index (κ3) is 7.47. The second kappa shape index (κ2) is 13.8. The van der Waals surface area contributed by atoms with E-state index in [0.29, 0.717) is 18.3 Å². The van der Waals surface area contributed by atoms with Gasteiger partial charge in [0.1, 0.15) is 18.1 Å². The highest BCUT2D eigenvalue weighted by molar-refractivity contribution is 6.09. The smallest absolute Gasteiger partial charge is 0.337 e. The Kier molecular flexibility index (Phi) is 10.5. The molecule has 9 heteroatoms. The lowest BCUT2D eigenvalue weighted by Gasteiger charge is -2.31. The number of anilines is 1. The number of piperidine rings is 1. The predicted octanol–water partition coefficient (Wildman–Crippen LogP) is 4.90. The fourth-order valence-corrected chi connectivity index (χ4v) is 4.59. The maximum Gasteiger partial charge on any atom is 0.337 e. The number of likely N-dealkylation sites (tertiary alicyclic amines) is 1. The summed E-state index contributed by atoms with van der Waals surface area (Å²) in [5, 5.41) is 31.7. The van der Waals surface area contributed by atoms with Crippen molar-refractivity contribution in [3.8, 4) is 22.6 Å². The molecule has 0 bridgehead atoms. The summed E-state index contributed by atoms with van der Waals surface area (Å²) in [6.45, 7) is 3.33. The van der Waals surface area contributed by atoms with Gasteiger partial charge in [0.2, 0.25) is 0 Å². The lowest BCUT2D eigenvalue weighted by Crippen LogP contribution is -2.36. The van der Waals surface area contributed by atoms with Gasteiger partial charge in [-0.05, 0) is 79.7 Å². The molecule has 3 aromatic rings. The van der Waals surface area contributed by atoms with Crippen LogP contribution in [0.5, 0.6) is 11.5 Å². The van der Waals surface area contributed by atoms with Crippen molar-refractivity contribution < 1.29 is 29.6 Å². The van der Waals surface area contributed by atoms with Gasteiger partial charge in [0, 0.05) is 13.2 Å². The van der Waals surface area contributed by atoms with Crippen LogP contribution in [0.25, 0.3) is 11.1 Å². The number of phenols is 1. The Morgan fingerprint density at radius 2 is 1.68 bits per heavy atom. The van der Waals surface area contributed by atoms with Crippen LogP contribution in [-0.4, -0.2) is 64.9 Å². The van der Waals surface area contributed by atoms with Crippen molar-refractivity contribution in [1.29, 1.82) is 0 Å². The summed E-state index contributed by atoms with van der Waals surface area (Å²) in [5.74, 6) is -1.02. The summed E-state index contributed by atoms with van der Waals surface area (Å²) >= 11 is 0. The SMILES string of the molecule is Cl.O=C(Nc1cc(-c2ccccc2)ccc1C(=O)O)c1cc(OCCN2CCC(CCO)CC2)ccc1O. The summed E-state index contributed by atoms with van der Waals surface area (Å²) in [4.78, 5) is 27.2. The first kappa shape index (κ1) is 29.0. The number of hydrogen-bond acceptors (Lipinski definition) is 6. The normalized spacial score (nSPS) is 13.9. The molecule has 1 aliphatic heterocycles. The minimum atomic E-state index is -1.17. The molecule has 4 rings (SSSR count). The fourth-order valence-electron chi connectivity index (χ4n) is 4.59. The van der Waals surface area contributed by atoms with E-state index >= 15 is 0 Å². The number of ether oxygens (including phenoxy) is 1. The minimum Gasteiger partial charge on any atom is -0.507 e. The molecule has 1 heterocycles. The number of carbonyl (C=O) groups excluding carboxylic acids is 1. The van der Waals surface area contributed by atoms with Gasteiger partial charge in [-0.15, -0.1) is 12.4 Å². The Hall–Kier alpha value is -3.59. The number of nitrogens with zero attached hydrogens (tertiary/aromatic N) is 1. The van der Waals surface area contributed by atoms with Gasteiger partial charge in [0.05, 0.1) is 16.8 Å². The summed E-state index contributed by atoms with van der Waals surface area (Å²) in [6.07, 6.45) is 2.98. The lowest BCUT2D eigenvalue weighted by molar-refractivity contribution is 0.0698. The average Bonchev–Trinajstić information content (AvgIpc) is 2.91. The van der Waals surface area contributed by atoms with Crippen molar-refractivity contribution in [2.45, 2.75) is 19.3 Å². The number of carboxylic acids is 1. The largest absolute Gasteiger partial charge is 0.507 e. The van der Waals surface area contributed by atoms with E-state index in [0.717, 1.165) is 50.0 Å². The number of nitrogens with one attached hydrogen (secondary N) is 1. The number of aromatic hydroxyl groups is 1. The Bertz CT molecular complexity index is 1230. The maximum atomic E-state index is 13.1. The summed E-state index contributed by atoms with van der Waals surface area (Å²) in [5.41, 5.74) is 1.70. The van der Waals surface area contributed by atoms with Crippen LogP contribution in [0.3, 0.4) is 0 Å². The number of halogens is 1. The zero-order chi connectivity index (χ0) is 26.2. The quantitative estimate of drug-likeness (QED) is 0.288. The molecule has 8 nitrogen and oxygen atoms in total. The monoisotopic (exact) mass is 540 g/mol. The van der Waals surface area contributed by atoms with Crippen LogP contribution in [0.1, 0.15) is 40.0 Å². The maximum absolute atomic E-state index is 13.1. The van der Waals surface area contributed by atoms with Crippen LogP contribution < -0.4 is 10.1 Å². The Balaban J connectivity index is 0.00000400. The number of carboxylic acid groups (broad SMARTS) is 1. The fraction of sp³-hybridized carbons (Fsp3) is 0.310. The lowest BCUT2D eigenvalue weighted by atomic mass is 9.94. The van der Waals surface area contributed by atoms with Crippen molar-refractivity contribution in [3.05, 3.63) is 77.9 Å². The summed E-state index contributed by atoms with van der Waals surface area (Å²) < 4.78 is 5.85. The second-order valence-electron chi connectivity index (χ2n) is 9.21. The van der Waals surface area contributed by atoms with Gasteiger partial charge < -0.3 is 25.4 Å². The Morgan fingerprint density at radius 3 is 2.37 bits per heavy atom. The molecule has 0 saturated carbocycles. The first-order chi connectivity index (χ1) is 17.9. The van der Waals surface area contributed by atoms with Gasteiger partial charge in [-0.3, -0.25) is 9.69 Å². The predicted molar refractivity (Wildman–Crippen MR) is 149 cm³/mol. The molecular weight excluding hydrogens is 508 g/mol. The molecule has 1 amide bonds. The Morgan fingerprint density at radius 1 is 0.947 bits per heavy atom. The van der Waals surface area contributed by atoms with Crippen LogP contribution in [0, 0.1) is 5.92 Å². The first-order valence-corrected chi connectivity index (χ1v) is 12.5. The standard InChI is InChI=1S/C29H32N2O6.ClH/c32-16-12-20-10-13-31(14-11-20)15-17-37-23-7-9-27(33)25(19-23)28(34)30-26-18-22(6-8-24(26)29(35)36)21-4-2-1-3-5-21;/h1-9,18-20,32-33H,10-17H2,(H,30,34)(H,35,36);1H. The van der Waals surface area contributed by atoms with Crippen LogP contribution >= 0.6 is 12.4 Å². The number of aliphatic hydroxyl groups excluding tert-OH is 1. The van der Waals surface area contributed by atoms with Gasteiger partial charge in [0.15, 0.2) is 0 Å². The summed E-state index contributed by atoms with van der Waals surface area (Å²) in [6, 6.07) is 18.6. The third-order valence-corrected chi connectivity index (χ3v) is 6.74. The highest BCUT2D eigenvalue weighted by atomic mass is 35.5.